The first-order valence-corrected chi connectivity index (χ1v) is 4.62. The summed E-state index contributed by atoms with van der Waals surface area (Å²) in [6.07, 6.45) is 2.19. The first-order valence-electron chi connectivity index (χ1n) is 4.24. The first-order chi connectivity index (χ1) is 7.24. The molecule has 0 aliphatic carbocycles. The number of hydrogen-bond donors (Lipinski definition) is 1. The van der Waals surface area contributed by atoms with Crippen LogP contribution in [0.15, 0.2) is 36.7 Å². The van der Waals surface area contributed by atoms with Gasteiger partial charge in [0.25, 0.3) is 0 Å². The quantitative estimate of drug-likeness (QED) is 0.851. The molecular weight excluding hydrogens is 217 g/mol. The Hall–Kier alpha value is -1.68. The number of halogens is 2. The Labute approximate surface area is 90.9 Å². The zero-order valence-electron chi connectivity index (χ0n) is 7.61. The van der Waals surface area contributed by atoms with E-state index in [0.717, 1.165) is 18.1 Å². The highest BCUT2D eigenvalue weighted by Gasteiger charge is 1.98. The molecule has 2 aromatic rings. The molecule has 0 saturated heterocycles. The summed E-state index contributed by atoms with van der Waals surface area (Å²) in [4.78, 5) is 7.53. The molecule has 0 aliphatic heterocycles. The summed E-state index contributed by atoms with van der Waals surface area (Å²) in [5.41, 5.74) is 0.758. The summed E-state index contributed by atoms with van der Waals surface area (Å²) < 4.78 is 12.5. The molecule has 0 bridgehead atoms. The topological polar surface area (TPSA) is 37.8 Å². The molecule has 5 heteroatoms. The molecule has 0 unspecified atom stereocenters. The monoisotopic (exact) mass is 223 g/mol. The summed E-state index contributed by atoms with van der Waals surface area (Å²) in [5.74, 6) is -0.134. The number of anilines is 2. The number of benzene rings is 1. The van der Waals surface area contributed by atoms with Gasteiger partial charge in [0.05, 0.1) is 12.4 Å². The van der Waals surface area contributed by atoms with Gasteiger partial charge in [-0.2, -0.15) is 0 Å². The van der Waals surface area contributed by atoms with Crippen LogP contribution in [-0.2, 0) is 0 Å². The van der Waals surface area contributed by atoms with Gasteiger partial charge in [0.15, 0.2) is 5.82 Å². The lowest BCUT2D eigenvalue weighted by molar-refractivity contribution is 0.614. The maximum atomic E-state index is 12.5. The molecule has 0 spiro atoms. The minimum atomic E-state index is -0.466. The van der Waals surface area contributed by atoms with E-state index in [1.165, 1.54) is 0 Å². The highest BCUT2D eigenvalue weighted by molar-refractivity contribution is 6.30. The van der Waals surface area contributed by atoms with Crippen LogP contribution in [0.1, 0.15) is 0 Å². The molecule has 0 amide bonds. The van der Waals surface area contributed by atoms with Gasteiger partial charge in [0.1, 0.15) is 0 Å². The number of rotatable bonds is 2. The van der Waals surface area contributed by atoms with Crippen LogP contribution in [-0.4, -0.2) is 9.97 Å². The van der Waals surface area contributed by atoms with Crippen molar-refractivity contribution in [2.75, 3.05) is 5.32 Å². The van der Waals surface area contributed by atoms with Crippen LogP contribution in [0.5, 0.6) is 0 Å². The van der Waals surface area contributed by atoms with E-state index in [4.69, 9.17) is 11.6 Å². The van der Waals surface area contributed by atoms with Gasteiger partial charge in [0, 0.05) is 10.7 Å². The molecule has 1 aromatic carbocycles. The fraction of sp³-hybridized carbons (Fsp3) is 0. The molecule has 0 radical (unpaired) electrons. The fourth-order valence-electron chi connectivity index (χ4n) is 1.07. The number of aromatic nitrogens is 2. The van der Waals surface area contributed by atoms with Crippen molar-refractivity contribution in [1.29, 1.82) is 0 Å². The Morgan fingerprint density at radius 1 is 1.20 bits per heavy atom. The van der Waals surface area contributed by atoms with Crippen molar-refractivity contribution in [3.63, 3.8) is 0 Å². The van der Waals surface area contributed by atoms with Gasteiger partial charge in [-0.25, -0.2) is 14.4 Å². The van der Waals surface area contributed by atoms with E-state index in [0.29, 0.717) is 11.0 Å². The number of nitrogens with one attached hydrogen (secondary N) is 1. The van der Waals surface area contributed by atoms with E-state index in [2.05, 4.69) is 15.3 Å². The Morgan fingerprint density at radius 2 is 1.93 bits per heavy atom. The van der Waals surface area contributed by atoms with Gasteiger partial charge in [-0.15, -0.1) is 0 Å². The van der Waals surface area contributed by atoms with Crippen LogP contribution >= 0.6 is 11.6 Å². The molecule has 3 nitrogen and oxygen atoms in total. The normalized spacial score (nSPS) is 10.0. The molecule has 0 atom stereocenters. The highest BCUT2D eigenvalue weighted by atomic mass is 35.5. The minimum absolute atomic E-state index is 0.332. The average Bonchev–Trinajstić information content (AvgIpc) is 2.22. The Kier molecular flexibility index (Phi) is 2.78. The van der Waals surface area contributed by atoms with Crippen molar-refractivity contribution in [2.45, 2.75) is 0 Å². The Morgan fingerprint density at radius 3 is 2.60 bits per heavy atom. The second kappa shape index (κ2) is 4.23. The van der Waals surface area contributed by atoms with Crippen LogP contribution in [0, 0.1) is 5.82 Å². The van der Waals surface area contributed by atoms with Crippen LogP contribution < -0.4 is 5.32 Å². The van der Waals surface area contributed by atoms with Crippen molar-refractivity contribution in [1.82, 2.24) is 9.97 Å². The Bertz CT molecular complexity index is 458. The lowest BCUT2D eigenvalue weighted by Crippen LogP contribution is -1.96. The van der Waals surface area contributed by atoms with Gasteiger partial charge in [-0.3, -0.25) is 0 Å². The van der Waals surface area contributed by atoms with Crippen LogP contribution in [0.2, 0.25) is 5.02 Å². The lowest BCUT2D eigenvalue weighted by Gasteiger charge is -2.03. The van der Waals surface area contributed by atoms with Crippen molar-refractivity contribution in [2.24, 2.45) is 0 Å². The molecule has 0 aliphatic rings. The molecule has 0 fully saturated rings. The molecule has 2 rings (SSSR count). The van der Waals surface area contributed by atoms with E-state index in [9.17, 15) is 4.39 Å². The minimum Gasteiger partial charge on any atom is -0.324 e. The van der Waals surface area contributed by atoms with Gasteiger partial charge in [0.2, 0.25) is 5.95 Å². The number of hydrogen-bond acceptors (Lipinski definition) is 3. The van der Waals surface area contributed by atoms with E-state index in [1.54, 1.807) is 18.2 Å². The zero-order chi connectivity index (χ0) is 10.7. The molecule has 76 valence electrons. The van der Waals surface area contributed by atoms with Gasteiger partial charge < -0.3 is 5.32 Å². The van der Waals surface area contributed by atoms with Gasteiger partial charge >= 0.3 is 0 Å². The smallest absolute Gasteiger partial charge is 0.227 e. The summed E-state index contributed by atoms with van der Waals surface area (Å²) in [6, 6.07) is 7.11. The predicted octanol–water partition coefficient (Wildman–Crippen LogP) is 3.01. The van der Waals surface area contributed by atoms with E-state index >= 15 is 0 Å². The summed E-state index contributed by atoms with van der Waals surface area (Å²) >= 11 is 5.80. The highest BCUT2D eigenvalue weighted by Crippen LogP contribution is 2.17. The SMILES string of the molecule is Fc1cnc(Nc2cccc(Cl)c2)nc1. The predicted molar refractivity (Wildman–Crippen MR) is 56.7 cm³/mol. The second-order valence-corrected chi connectivity index (χ2v) is 3.30. The largest absolute Gasteiger partial charge is 0.324 e. The van der Waals surface area contributed by atoms with Crippen molar-refractivity contribution >= 4 is 23.2 Å². The third-order valence-electron chi connectivity index (χ3n) is 1.70. The van der Waals surface area contributed by atoms with E-state index in [-0.39, 0.29) is 0 Å². The van der Waals surface area contributed by atoms with E-state index < -0.39 is 5.82 Å². The third-order valence-corrected chi connectivity index (χ3v) is 1.94. The second-order valence-electron chi connectivity index (χ2n) is 2.86. The molecular formula is C10H7ClFN3. The maximum absolute atomic E-state index is 12.5. The average molecular weight is 224 g/mol. The molecule has 1 aromatic heterocycles. The molecule has 1 N–H and O–H groups in total. The van der Waals surface area contributed by atoms with Crippen LogP contribution in [0.3, 0.4) is 0 Å². The zero-order valence-corrected chi connectivity index (χ0v) is 8.37. The van der Waals surface area contributed by atoms with Crippen LogP contribution in [0.25, 0.3) is 0 Å². The van der Waals surface area contributed by atoms with Gasteiger partial charge in [-0.1, -0.05) is 17.7 Å². The standard InChI is InChI=1S/C10H7ClFN3/c11-7-2-1-3-9(4-7)15-10-13-5-8(12)6-14-10/h1-6H,(H,13,14,15). The van der Waals surface area contributed by atoms with Crippen molar-refractivity contribution < 1.29 is 4.39 Å². The third kappa shape index (κ3) is 2.63. The summed E-state index contributed by atoms with van der Waals surface area (Å²) in [5, 5.41) is 3.51. The van der Waals surface area contributed by atoms with Crippen molar-refractivity contribution in [3.8, 4) is 0 Å². The molecule has 0 saturated carbocycles. The fourth-order valence-corrected chi connectivity index (χ4v) is 1.26. The first kappa shape index (κ1) is 9.86. The number of nitrogens with zero attached hydrogens (tertiary/aromatic N) is 2. The molecule has 1 heterocycles. The van der Waals surface area contributed by atoms with Gasteiger partial charge in [-0.05, 0) is 18.2 Å². The summed E-state index contributed by atoms with van der Waals surface area (Å²) in [6.45, 7) is 0. The maximum Gasteiger partial charge on any atom is 0.227 e. The lowest BCUT2D eigenvalue weighted by atomic mass is 10.3. The molecule has 15 heavy (non-hydrogen) atoms. The van der Waals surface area contributed by atoms with Crippen LogP contribution in [0.4, 0.5) is 16.0 Å². The summed E-state index contributed by atoms with van der Waals surface area (Å²) in [7, 11) is 0. The Balaban J connectivity index is 2.18. The van der Waals surface area contributed by atoms with Crippen molar-refractivity contribution in [3.05, 3.63) is 47.5 Å². The van der Waals surface area contributed by atoms with E-state index in [1.807, 2.05) is 6.07 Å².